The van der Waals surface area contributed by atoms with Crippen LogP contribution in [0.1, 0.15) is 0 Å². The first kappa shape index (κ1) is 33.2. The molecule has 0 bridgehead atoms. The van der Waals surface area contributed by atoms with Gasteiger partial charge in [0.15, 0.2) is 0 Å². The third kappa shape index (κ3) is 5.80. The minimum Gasteiger partial charge on any atom is -0.456 e. The fourth-order valence-electron chi connectivity index (χ4n) is 8.39. The summed E-state index contributed by atoms with van der Waals surface area (Å²) in [5, 5.41) is 4.82. The predicted octanol–water partition coefficient (Wildman–Crippen LogP) is 16.1. The summed E-state index contributed by atoms with van der Waals surface area (Å²) in [5.41, 5.74) is 14.4. The third-order valence-electron chi connectivity index (χ3n) is 11.1. The lowest BCUT2D eigenvalue weighted by molar-refractivity contribution is 0.669. The summed E-state index contributed by atoms with van der Waals surface area (Å²) in [4.78, 5) is 2.41. The van der Waals surface area contributed by atoms with Gasteiger partial charge in [0.2, 0.25) is 0 Å². The van der Waals surface area contributed by atoms with Crippen molar-refractivity contribution in [3.8, 4) is 44.5 Å². The highest BCUT2D eigenvalue weighted by atomic mass is 32.1. The molecule has 9 aromatic carbocycles. The van der Waals surface area contributed by atoms with Gasteiger partial charge in [0, 0.05) is 47.9 Å². The Hall–Kier alpha value is -7.20. The average Bonchev–Trinajstić information content (AvgIpc) is 3.86. The SMILES string of the molecule is c1ccc(-c2ccc(N(c3ccc(-c4cccc5c4sc4ccccc45)cc3)c3ccc4oc5ccccc5c4c3-c3cccc(-c4ccccc4)c3)cc2)cc1. The van der Waals surface area contributed by atoms with Crippen LogP contribution in [-0.2, 0) is 0 Å². The van der Waals surface area contributed by atoms with Crippen molar-refractivity contribution in [3.05, 3.63) is 212 Å². The second kappa shape index (κ2) is 13.8. The standard InChI is InChI=1S/C54H35NOS/c1-3-13-36(14-4-1)38-25-29-42(30-26-38)55(43-31-27-39(28-32-43)44-21-12-22-46-45-19-8-10-24-51(45)57-54(44)46)48-33-34-50-53(47-20-7-9-23-49(47)56-50)52(48)41-18-11-17-40(35-41)37-15-5-2-6-16-37/h1-35H. The zero-order chi connectivity index (χ0) is 37.7. The van der Waals surface area contributed by atoms with Crippen LogP contribution >= 0.6 is 11.3 Å². The maximum atomic E-state index is 6.54. The lowest BCUT2D eigenvalue weighted by Crippen LogP contribution is -2.11. The first-order valence-electron chi connectivity index (χ1n) is 19.3. The molecule has 0 atom stereocenters. The average molecular weight is 746 g/mol. The van der Waals surface area contributed by atoms with Crippen LogP contribution in [0.4, 0.5) is 17.1 Å². The van der Waals surface area contributed by atoms with Gasteiger partial charge in [0.1, 0.15) is 11.2 Å². The molecule has 0 aliphatic rings. The number of anilines is 3. The van der Waals surface area contributed by atoms with Gasteiger partial charge in [0.05, 0.1) is 5.69 Å². The van der Waals surface area contributed by atoms with Crippen molar-refractivity contribution >= 4 is 70.5 Å². The molecule has 3 heteroatoms. The molecule has 11 aromatic rings. The molecular formula is C54H35NOS. The second-order valence-electron chi connectivity index (χ2n) is 14.5. The zero-order valence-corrected chi connectivity index (χ0v) is 31.8. The minimum absolute atomic E-state index is 0.867. The summed E-state index contributed by atoms with van der Waals surface area (Å²) >= 11 is 1.87. The van der Waals surface area contributed by atoms with Crippen LogP contribution in [-0.4, -0.2) is 0 Å². The number of furan rings is 1. The molecule has 2 aromatic heterocycles. The highest BCUT2D eigenvalue weighted by Crippen LogP contribution is 2.48. The topological polar surface area (TPSA) is 16.4 Å². The van der Waals surface area contributed by atoms with Gasteiger partial charge in [0.25, 0.3) is 0 Å². The molecule has 268 valence electrons. The molecule has 0 fully saturated rings. The fraction of sp³-hybridized carbons (Fsp3) is 0. The summed E-state index contributed by atoms with van der Waals surface area (Å²) in [6, 6.07) is 76.3. The molecule has 0 saturated carbocycles. The van der Waals surface area contributed by atoms with Crippen molar-refractivity contribution in [2.75, 3.05) is 4.90 Å². The Labute approximate surface area is 335 Å². The first-order chi connectivity index (χ1) is 28.3. The number of para-hydroxylation sites is 1. The second-order valence-corrected chi connectivity index (χ2v) is 15.5. The quantitative estimate of drug-likeness (QED) is 0.162. The zero-order valence-electron chi connectivity index (χ0n) is 31.0. The van der Waals surface area contributed by atoms with E-state index in [0.29, 0.717) is 0 Å². The van der Waals surface area contributed by atoms with Gasteiger partial charge in [-0.15, -0.1) is 11.3 Å². The molecule has 57 heavy (non-hydrogen) atoms. The van der Waals surface area contributed by atoms with Crippen LogP contribution in [0.15, 0.2) is 217 Å². The van der Waals surface area contributed by atoms with E-state index in [1.165, 1.54) is 53.6 Å². The molecule has 0 aliphatic carbocycles. The molecule has 0 N–H and O–H groups in total. The Kier molecular flexibility index (Phi) is 8.04. The number of benzene rings is 9. The van der Waals surface area contributed by atoms with Crippen molar-refractivity contribution in [1.29, 1.82) is 0 Å². The molecule has 11 rings (SSSR count). The van der Waals surface area contributed by atoms with E-state index in [0.717, 1.165) is 50.1 Å². The minimum atomic E-state index is 0.867. The molecule has 0 spiro atoms. The van der Waals surface area contributed by atoms with E-state index in [1.54, 1.807) is 0 Å². The maximum absolute atomic E-state index is 6.54. The number of hydrogen-bond acceptors (Lipinski definition) is 3. The van der Waals surface area contributed by atoms with Gasteiger partial charge in [-0.2, -0.15) is 0 Å². The van der Waals surface area contributed by atoms with E-state index >= 15 is 0 Å². The number of rotatable bonds is 7. The van der Waals surface area contributed by atoms with Crippen molar-refractivity contribution in [2.45, 2.75) is 0 Å². The molecule has 2 heterocycles. The highest BCUT2D eigenvalue weighted by molar-refractivity contribution is 7.26. The van der Waals surface area contributed by atoms with Crippen LogP contribution in [0.5, 0.6) is 0 Å². The van der Waals surface area contributed by atoms with Gasteiger partial charge < -0.3 is 9.32 Å². The van der Waals surface area contributed by atoms with Crippen LogP contribution in [0.3, 0.4) is 0 Å². The first-order valence-corrected chi connectivity index (χ1v) is 20.1. The van der Waals surface area contributed by atoms with E-state index in [1.807, 2.05) is 17.4 Å². The molecular weight excluding hydrogens is 711 g/mol. The summed E-state index contributed by atoms with van der Waals surface area (Å²) in [7, 11) is 0. The normalized spacial score (nSPS) is 11.5. The number of thiophene rings is 1. The van der Waals surface area contributed by atoms with Gasteiger partial charge in [-0.3, -0.25) is 0 Å². The monoisotopic (exact) mass is 745 g/mol. The number of nitrogens with zero attached hydrogens (tertiary/aromatic N) is 1. The Bertz CT molecular complexity index is 3210. The highest BCUT2D eigenvalue weighted by Gasteiger charge is 2.23. The predicted molar refractivity (Wildman–Crippen MR) is 243 cm³/mol. The summed E-state index contributed by atoms with van der Waals surface area (Å²) in [5.74, 6) is 0. The van der Waals surface area contributed by atoms with Crippen molar-refractivity contribution in [3.63, 3.8) is 0 Å². The molecule has 0 unspecified atom stereocenters. The van der Waals surface area contributed by atoms with Crippen LogP contribution in [0, 0.1) is 0 Å². The van der Waals surface area contributed by atoms with E-state index in [2.05, 4.69) is 211 Å². The van der Waals surface area contributed by atoms with E-state index in [4.69, 9.17) is 4.42 Å². The van der Waals surface area contributed by atoms with E-state index in [-0.39, 0.29) is 0 Å². The van der Waals surface area contributed by atoms with Crippen LogP contribution in [0.25, 0.3) is 86.6 Å². The molecule has 2 nitrogen and oxygen atoms in total. The Morgan fingerprint density at radius 2 is 0.930 bits per heavy atom. The van der Waals surface area contributed by atoms with E-state index < -0.39 is 0 Å². The Morgan fingerprint density at radius 1 is 0.368 bits per heavy atom. The summed E-state index contributed by atoms with van der Waals surface area (Å²) in [6.07, 6.45) is 0. The van der Waals surface area contributed by atoms with Crippen molar-refractivity contribution < 1.29 is 4.42 Å². The molecule has 0 saturated heterocycles. The smallest absolute Gasteiger partial charge is 0.136 e. The molecule has 0 radical (unpaired) electrons. The van der Waals surface area contributed by atoms with Gasteiger partial charge in [-0.05, 0) is 93.5 Å². The lowest BCUT2D eigenvalue weighted by Gasteiger charge is -2.29. The summed E-state index contributed by atoms with van der Waals surface area (Å²) < 4.78 is 9.17. The lowest BCUT2D eigenvalue weighted by atomic mass is 9.93. The van der Waals surface area contributed by atoms with Crippen LogP contribution in [0.2, 0.25) is 0 Å². The number of hydrogen-bond donors (Lipinski definition) is 0. The Morgan fingerprint density at radius 3 is 1.68 bits per heavy atom. The van der Waals surface area contributed by atoms with Crippen molar-refractivity contribution in [1.82, 2.24) is 0 Å². The molecule has 0 amide bonds. The molecule has 0 aliphatic heterocycles. The summed E-state index contributed by atoms with van der Waals surface area (Å²) in [6.45, 7) is 0. The number of fused-ring (bicyclic) bond motifs is 6. The van der Waals surface area contributed by atoms with Gasteiger partial charge >= 0.3 is 0 Å². The Balaban J connectivity index is 1.13. The van der Waals surface area contributed by atoms with Crippen molar-refractivity contribution in [2.24, 2.45) is 0 Å². The third-order valence-corrected chi connectivity index (χ3v) is 12.3. The van der Waals surface area contributed by atoms with E-state index in [9.17, 15) is 0 Å². The fourth-order valence-corrected chi connectivity index (χ4v) is 9.63. The largest absolute Gasteiger partial charge is 0.456 e. The van der Waals surface area contributed by atoms with Gasteiger partial charge in [-0.25, -0.2) is 0 Å². The maximum Gasteiger partial charge on any atom is 0.136 e. The van der Waals surface area contributed by atoms with Crippen LogP contribution < -0.4 is 4.90 Å². The van der Waals surface area contributed by atoms with Gasteiger partial charge in [-0.1, -0.05) is 158 Å².